The fraction of sp³-hybridized carbons (Fsp3) is 0.276. The molecule has 0 saturated carbocycles. The third kappa shape index (κ3) is 6.98. The van der Waals surface area contributed by atoms with Crippen LogP contribution < -0.4 is 10.6 Å². The van der Waals surface area contributed by atoms with Crippen molar-refractivity contribution in [1.29, 1.82) is 0 Å². The molecule has 0 fully saturated rings. The van der Waals surface area contributed by atoms with Crippen LogP contribution in [0.1, 0.15) is 50.3 Å². The highest BCUT2D eigenvalue weighted by Gasteiger charge is 2.38. The first-order valence-electron chi connectivity index (χ1n) is 11.8. The molecule has 0 saturated heterocycles. The summed E-state index contributed by atoms with van der Waals surface area (Å²) in [5, 5.41) is 5.22. The molecular formula is C29H32N2O4S. The van der Waals surface area contributed by atoms with Crippen LogP contribution in [0.25, 0.3) is 0 Å². The van der Waals surface area contributed by atoms with E-state index in [0.717, 1.165) is 16.7 Å². The monoisotopic (exact) mass is 504 g/mol. The molecule has 0 unspecified atom stereocenters. The maximum absolute atomic E-state index is 13.4. The van der Waals surface area contributed by atoms with E-state index in [4.69, 9.17) is 4.74 Å². The Morgan fingerprint density at radius 2 is 1.19 bits per heavy atom. The molecule has 0 aliphatic rings. The molecule has 3 aromatic carbocycles. The number of alkyl carbamates (subject to hydrolysis) is 1. The van der Waals surface area contributed by atoms with Crippen LogP contribution in [0.3, 0.4) is 0 Å². The summed E-state index contributed by atoms with van der Waals surface area (Å²) in [5.41, 5.74) is 1.00. The molecule has 0 aromatic heterocycles. The highest BCUT2D eigenvalue weighted by atomic mass is 32.1. The van der Waals surface area contributed by atoms with Crippen LogP contribution in [0, 0.1) is 0 Å². The second-order valence-electron chi connectivity index (χ2n) is 9.47. The zero-order valence-corrected chi connectivity index (χ0v) is 21.6. The van der Waals surface area contributed by atoms with E-state index < -0.39 is 28.4 Å². The molecule has 2 amide bonds. The van der Waals surface area contributed by atoms with Crippen LogP contribution in [-0.2, 0) is 19.9 Å². The standard InChI is InChI=1S/C29H32N2O4S/c1-28(2,3)35-27(34)30-24(26(33)36)19-20-25(32)31-29(21-13-7-4-8-14-21,22-15-9-5-10-16-22)23-17-11-6-12-18-23/h4-18,24H,19-20H2,1-3H3,(H,30,34)(H,31,32)(H,33,36)/t24-/m0/s1. The van der Waals surface area contributed by atoms with Gasteiger partial charge in [0.2, 0.25) is 11.0 Å². The van der Waals surface area contributed by atoms with Crippen molar-refractivity contribution < 1.29 is 19.1 Å². The summed E-state index contributed by atoms with van der Waals surface area (Å²) in [7, 11) is 0. The van der Waals surface area contributed by atoms with Crippen molar-refractivity contribution in [3.05, 3.63) is 108 Å². The average Bonchev–Trinajstić information content (AvgIpc) is 2.85. The third-order valence-corrected chi connectivity index (χ3v) is 5.91. The lowest BCUT2D eigenvalue weighted by atomic mass is 9.77. The fourth-order valence-electron chi connectivity index (χ4n) is 4.04. The number of ether oxygens (including phenoxy) is 1. The van der Waals surface area contributed by atoms with Crippen LogP contribution in [0.15, 0.2) is 91.0 Å². The van der Waals surface area contributed by atoms with E-state index in [1.165, 1.54) is 0 Å². The van der Waals surface area contributed by atoms with Crippen LogP contribution in [0.5, 0.6) is 0 Å². The van der Waals surface area contributed by atoms with Gasteiger partial charge in [-0.05, 0) is 43.9 Å². The van der Waals surface area contributed by atoms with Crippen molar-refractivity contribution in [2.75, 3.05) is 0 Å². The lowest BCUT2D eigenvalue weighted by molar-refractivity contribution is -0.122. The van der Waals surface area contributed by atoms with Crippen molar-refractivity contribution in [2.45, 2.75) is 50.8 Å². The van der Waals surface area contributed by atoms with Crippen molar-refractivity contribution in [3.63, 3.8) is 0 Å². The normalized spacial score (nSPS) is 12.3. The predicted molar refractivity (Wildman–Crippen MR) is 144 cm³/mol. The number of amides is 2. The number of carbonyl (C=O) groups is 3. The van der Waals surface area contributed by atoms with Gasteiger partial charge in [0, 0.05) is 6.42 Å². The second-order valence-corrected chi connectivity index (χ2v) is 9.91. The Labute approximate surface area is 217 Å². The van der Waals surface area contributed by atoms with E-state index in [1.807, 2.05) is 91.0 Å². The lowest BCUT2D eigenvalue weighted by Gasteiger charge is -2.37. The van der Waals surface area contributed by atoms with Crippen molar-refractivity contribution in [2.24, 2.45) is 0 Å². The SMILES string of the molecule is CC(C)(C)OC(=O)N[C@@H](CCC(=O)NC(c1ccccc1)(c1ccccc1)c1ccccc1)C(=O)S. The Morgan fingerprint density at radius 1 is 0.778 bits per heavy atom. The van der Waals surface area contributed by atoms with E-state index >= 15 is 0 Å². The van der Waals surface area contributed by atoms with Crippen LogP contribution in [0.4, 0.5) is 4.79 Å². The Morgan fingerprint density at radius 3 is 1.56 bits per heavy atom. The molecule has 2 N–H and O–H groups in total. The van der Waals surface area contributed by atoms with E-state index in [0.29, 0.717) is 0 Å². The summed E-state index contributed by atoms with van der Waals surface area (Å²) in [6, 6.07) is 28.3. The molecule has 36 heavy (non-hydrogen) atoms. The number of thiol groups is 1. The topological polar surface area (TPSA) is 84.5 Å². The maximum Gasteiger partial charge on any atom is 0.408 e. The Kier molecular flexibility index (Phi) is 8.93. The van der Waals surface area contributed by atoms with Gasteiger partial charge in [0.15, 0.2) is 0 Å². The first-order valence-corrected chi connectivity index (χ1v) is 12.3. The predicted octanol–water partition coefficient (Wildman–Crippen LogP) is 5.22. The molecule has 0 aliphatic heterocycles. The van der Waals surface area contributed by atoms with Crippen LogP contribution in [-0.4, -0.2) is 28.8 Å². The highest BCUT2D eigenvalue weighted by Crippen LogP contribution is 2.36. The van der Waals surface area contributed by atoms with Gasteiger partial charge in [-0.2, -0.15) is 0 Å². The summed E-state index contributed by atoms with van der Waals surface area (Å²) >= 11 is 3.90. The summed E-state index contributed by atoms with van der Waals surface area (Å²) in [6.07, 6.45) is -0.675. The fourth-order valence-corrected chi connectivity index (χ4v) is 4.23. The molecule has 0 aliphatic carbocycles. The van der Waals surface area contributed by atoms with E-state index in [1.54, 1.807) is 20.8 Å². The average molecular weight is 505 g/mol. The van der Waals surface area contributed by atoms with Crippen LogP contribution >= 0.6 is 12.6 Å². The third-order valence-electron chi connectivity index (χ3n) is 5.60. The molecule has 0 spiro atoms. The van der Waals surface area contributed by atoms with Gasteiger partial charge >= 0.3 is 6.09 Å². The number of hydrogen-bond donors (Lipinski definition) is 3. The Bertz CT molecular complexity index is 1070. The molecule has 0 bridgehead atoms. The van der Waals surface area contributed by atoms with Crippen LogP contribution in [0.2, 0.25) is 0 Å². The zero-order valence-electron chi connectivity index (χ0n) is 20.7. The van der Waals surface area contributed by atoms with Gasteiger partial charge in [-0.1, -0.05) is 91.0 Å². The van der Waals surface area contributed by atoms with Gasteiger partial charge in [-0.15, -0.1) is 12.6 Å². The number of benzene rings is 3. The Hall–Kier alpha value is -3.58. The lowest BCUT2D eigenvalue weighted by Crippen LogP contribution is -2.48. The summed E-state index contributed by atoms with van der Waals surface area (Å²) in [4.78, 5) is 37.7. The number of hydrogen-bond acceptors (Lipinski definition) is 4. The second kappa shape index (κ2) is 11.9. The first kappa shape index (κ1) is 27.0. The number of carbonyl (C=O) groups excluding carboxylic acids is 3. The van der Waals surface area contributed by atoms with Crippen molar-refractivity contribution in [3.8, 4) is 0 Å². The van der Waals surface area contributed by atoms with Gasteiger partial charge < -0.3 is 15.4 Å². The molecule has 6 nitrogen and oxygen atoms in total. The van der Waals surface area contributed by atoms with Gasteiger partial charge in [0.1, 0.15) is 17.2 Å². The molecule has 1 atom stereocenters. The van der Waals surface area contributed by atoms with Gasteiger partial charge in [0.05, 0.1) is 0 Å². The molecule has 0 radical (unpaired) electrons. The summed E-state index contributed by atoms with van der Waals surface area (Å²) in [6.45, 7) is 5.19. The molecular weight excluding hydrogens is 472 g/mol. The van der Waals surface area contributed by atoms with E-state index in [2.05, 4.69) is 23.3 Å². The summed E-state index contributed by atoms with van der Waals surface area (Å²) < 4.78 is 5.24. The van der Waals surface area contributed by atoms with Crippen molar-refractivity contribution >= 4 is 29.7 Å². The summed E-state index contributed by atoms with van der Waals surface area (Å²) in [5.74, 6) is -0.280. The quantitative estimate of drug-likeness (QED) is 0.275. The smallest absolute Gasteiger partial charge is 0.408 e. The Balaban J connectivity index is 1.90. The van der Waals surface area contributed by atoms with Crippen molar-refractivity contribution in [1.82, 2.24) is 10.6 Å². The van der Waals surface area contributed by atoms with E-state index in [-0.39, 0.29) is 18.7 Å². The first-order chi connectivity index (χ1) is 17.1. The minimum Gasteiger partial charge on any atom is -0.444 e. The van der Waals surface area contributed by atoms with E-state index in [9.17, 15) is 14.4 Å². The molecule has 7 heteroatoms. The largest absolute Gasteiger partial charge is 0.444 e. The minimum absolute atomic E-state index is 0.0129. The maximum atomic E-state index is 13.4. The van der Waals surface area contributed by atoms with Gasteiger partial charge in [-0.3, -0.25) is 9.59 Å². The zero-order chi connectivity index (χ0) is 26.2. The highest BCUT2D eigenvalue weighted by molar-refractivity contribution is 7.96. The molecule has 188 valence electrons. The van der Waals surface area contributed by atoms with Gasteiger partial charge in [0.25, 0.3) is 0 Å². The number of rotatable bonds is 9. The molecule has 3 aromatic rings. The van der Waals surface area contributed by atoms with Gasteiger partial charge in [-0.25, -0.2) is 4.79 Å². The molecule has 0 heterocycles. The number of nitrogens with one attached hydrogen (secondary N) is 2. The minimum atomic E-state index is -0.964. The molecule has 3 rings (SSSR count).